The topological polar surface area (TPSA) is 67.1 Å². The van der Waals surface area contributed by atoms with Crippen LogP contribution in [0.5, 0.6) is 0 Å². The zero-order valence-electron chi connectivity index (χ0n) is 22.3. The molecule has 4 rings (SSSR count). The van der Waals surface area contributed by atoms with Crippen molar-refractivity contribution < 1.29 is 0 Å². The summed E-state index contributed by atoms with van der Waals surface area (Å²) in [6.45, 7) is 12.0. The fourth-order valence-electron chi connectivity index (χ4n) is 3.85. The molecule has 1 aromatic heterocycles. The van der Waals surface area contributed by atoms with Crippen LogP contribution in [0.15, 0.2) is 84.7 Å². The first-order chi connectivity index (χ1) is 17.4. The Morgan fingerprint density at radius 1 is 1.00 bits per heavy atom. The Hall–Kier alpha value is -3.86. The summed E-state index contributed by atoms with van der Waals surface area (Å²) in [6.07, 6.45) is 10.5. The van der Waals surface area contributed by atoms with E-state index in [4.69, 9.17) is 10.7 Å². The average molecular weight is 482 g/mol. The summed E-state index contributed by atoms with van der Waals surface area (Å²) in [5.41, 5.74) is 15.0. The van der Waals surface area contributed by atoms with E-state index in [9.17, 15) is 0 Å². The van der Waals surface area contributed by atoms with Crippen molar-refractivity contribution in [1.82, 2.24) is 14.9 Å². The summed E-state index contributed by atoms with van der Waals surface area (Å²) in [4.78, 5) is 11.4. The second-order valence-corrected chi connectivity index (χ2v) is 9.04. The zero-order valence-corrected chi connectivity index (χ0v) is 22.3. The molecule has 2 aromatic carbocycles. The van der Waals surface area contributed by atoms with Gasteiger partial charge in [-0.05, 0) is 49.1 Å². The van der Waals surface area contributed by atoms with Crippen molar-refractivity contribution in [2.45, 2.75) is 54.0 Å². The van der Waals surface area contributed by atoms with Gasteiger partial charge in [-0.2, -0.15) is 0 Å². The molecular formula is C31H39N5. The third-order valence-electron chi connectivity index (χ3n) is 5.76. The first-order valence-corrected chi connectivity index (χ1v) is 12.8. The quantitative estimate of drug-likeness (QED) is 0.378. The molecule has 1 aliphatic heterocycles. The monoisotopic (exact) mass is 481 g/mol. The van der Waals surface area contributed by atoms with Gasteiger partial charge in [0.2, 0.25) is 5.95 Å². The maximum atomic E-state index is 6.75. The number of aromatic nitrogens is 2. The summed E-state index contributed by atoms with van der Waals surface area (Å²) in [6, 6.07) is 18.6. The predicted octanol–water partition coefficient (Wildman–Crippen LogP) is 7.07. The van der Waals surface area contributed by atoms with Crippen LogP contribution < -0.4 is 11.1 Å². The molecular weight excluding hydrogens is 442 g/mol. The molecule has 0 radical (unpaired) electrons. The number of anilines is 1. The average Bonchev–Trinajstić information content (AvgIpc) is 2.89. The number of hydrogen-bond acceptors (Lipinski definition) is 5. The number of hydrogen-bond donors (Lipinski definition) is 2. The number of allylic oxidation sites excluding steroid dienone is 2. The summed E-state index contributed by atoms with van der Waals surface area (Å²) in [5, 5.41) is 3.35. The Balaban J connectivity index is 0.00000115. The summed E-state index contributed by atoms with van der Waals surface area (Å²) in [7, 11) is 0. The van der Waals surface area contributed by atoms with Crippen LogP contribution in [0.1, 0.15) is 61.6 Å². The van der Waals surface area contributed by atoms with Crippen LogP contribution in [-0.2, 0) is 6.54 Å². The highest BCUT2D eigenvalue weighted by Crippen LogP contribution is 2.28. The number of nitrogens with one attached hydrogen (secondary N) is 1. The zero-order chi connectivity index (χ0) is 25.9. The molecule has 188 valence electrons. The van der Waals surface area contributed by atoms with Crippen LogP contribution >= 0.6 is 0 Å². The minimum atomic E-state index is 0.578. The molecule has 2 heterocycles. The molecule has 5 heteroatoms. The Bertz CT molecular complexity index is 1220. The number of benzene rings is 2. The summed E-state index contributed by atoms with van der Waals surface area (Å²) in [5.74, 6) is 0.578. The molecule has 0 unspecified atom stereocenters. The van der Waals surface area contributed by atoms with E-state index in [2.05, 4.69) is 117 Å². The van der Waals surface area contributed by atoms with Gasteiger partial charge >= 0.3 is 0 Å². The van der Waals surface area contributed by atoms with Crippen molar-refractivity contribution in [2.75, 3.05) is 11.9 Å². The highest BCUT2D eigenvalue weighted by Gasteiger charge is 2.18. The van der Waals surface area contributed by atoms with E-state index in [-0.39, 0.29) is 0 Å². The van der Waals surface area contributed by atoms with Crippen LogP contribution in [0, 0.1) is 13.8 Å². The molecule has 0 aliphatic carbocycles. The molecule has 0 saturated heterocycles. The summed E-state index contributed by atoms with van der Waals surface area (Å²) >= 11 is 0. The molecule has 0 fully saturated rings. The van der Waals surface area contributed by atoms with Crippen LogP contribution in [0.2, 0.25) is 0 Å². The molecule has 5 nitrogen and oxygen atoms in total. The van der Waals surface area contributed by atoms with Crippen molar-refractivity contribution >= 4 is 17.3 Å². The van der Waals surface area contributed by atoms with Crippen molar-refractivity contribution in [3.8, 4) is 0 Å². The molecule has 3 aromatic rings. The van der Waals surface area contributed by atoms with Gasteiger partial charge in [0, 0.05) is 25.5 Å². The van der Waals surface area contributed by atoms with Crippen molar-refractivity contribution in [3.63, 3.8) is 0 Å². The Morgan fingerprint density at radius 3 is 2.39 bits per heavy atom. The molecule has 3 N–H and O–H groups in total. The molecule has 0 spiro atoms. The highest BCUT2D eigenvalue weighted by molar-refractivity contribution is 5.88. The van der Waals surface area contributed by atoms with Crippen LogP contribution in [0.4, 0.5) is 5.95 Å². The Kier molecular flexibility index (Phi) is 9.87. The maximum absolute atomic E-state index is 6.75. The predicted molar refractivity (Wildman–Crippen MR) is 153 cm³/mol. The van der Waals surface area contributed by atoms with Gasteiger partial charge in [0.05, 0.1) is 17.1 Å². The number of rotatable bonds is 7. The van der Waals surface area contributed by atoms with E-state index < -0.39 is 0 Å². The van der Waals surface area contributed by atoms with E-state index >= 15 is 0 Å². The van der Waals surface area contributed by atoms with E-state index in [1.807, 2.05) is 6.07 Å². The molecule has 0 atom stereocenters. The van der Waals surface area contributed by atoms with Gasteiger partial charge in [0.15, 0.2) is 0 Å². The maximum Gasteiger partial charge on any atom is 0.223 e. The van der Waals surface area contributed by atoms with E-state index in [0.29, 0.717) is 18.2 Å². The molecule has 1 aliphatic rings. The number of nitrogens with zero attached hydrogens (tertiary/aromatic N) is 3. The Morgan fingerprint density at radius 2 is 1.75 bits per heavy atom. The SMILES string of the molecule is CCC.CCC1=CCN(/C(=C(\N)c2ccc(C)cc2)c2ccnc(NCc3cccc(C)c3)n2)C=C1. The normalized spacial score (nSPS) is 13.4. The smallest absolute Gasteiger partial charge is 0.223 e. The van der Waals surface area contributed by atoms with Gasteiger partial charge in [-0.1, -0.05) is 92.9 Å². The van der Waals surface area contributed by atoms with E-state index in [1.54, 1.807) is 6.20 Å². The van der Waals surface area contributed by atoms with Gasteiger partial charge in [-0.3, -0.25) is 0 Å². The largest absolute Gasteiger partial charge is 0.396 e. The lowest BCUT2D eigenvalue weighted by Crippen LogP contribution is -2.22. The standard InChI is InChI=1S/C28H31N5.C3H8/c1-4-22-13-16-33(17-14-22)27(26(29)24-10-8-20(2)9-11-24)25-12-15-30-28(32-25)31-19-23-7-5-6-21(3)18-23;1-3-2/h5-16,18H,4,17,19,29H2,1-3H3,(H,30,31,32);3H2,1-2H3/b27-26-;. The van der Waals surface area contributed by atoms with Gasteiger partial charge in [0.1, 0.15) is 0 Å². The minimum Gasteiger partial charge on any atom is -0.396 e. The lowest BCUT2D eigenvalue weighted by molar-refractivity contribution is 0.579. The van der Waals surface area contributed by atoms with Crippen LogP contribution in [0.3, 0.4) is 0 Å². The number of aryl methyl sites for hydroxylation is 2. The molecule has 0 saturated carbocycles. The van der Waals surface area contributed by atoms with Crippen molar-refractivity contribution in [3.05, 3.63) is 113 Å². The van der Waals surface area contributed by atoms with Gasteiger partial charge < -0.3 is 16.0 Å². The van der Waals surface area contributed by atoms with E-state index in [0.717, 1.165) is 29.9 Å². The fraction of sp³-hybridized carbons (Fsp3) is 0.290. The second-order valence-electron chi connectivity index (χ2n) is 9.04. The van der Waals surface area contributed by atoms with E-state index in [1.165, 1.54) is 28.7 Å². The number of nitrogens with two attached hydrogens (primary N) is 1. The van der Waals surface area contributed by atoms with Crippen molar-refractivity contribution in [2.24, 2.45) is 5.73 Å². The third kappa shape index (κ3) is 7.32. The molecule has 0 bridgehead atoms. The minimum absolute atomic E-state index is 0.578. The lowest BCUT2D eigenvalue weighted by Gasteiger charge is -2.27. The first-order valence-electron chi connectivity index (χ1n) is 12.8. The Labute approximate surface area is 216 Å². The first kappa shape index (κ1) is 26.7. The third-order valence-corrected chi connectivity index (χ3v) is 5.76. The molecule has 0 amide bonds. The van der Waals surface area contributed by atoms with Gasteiger partial charge in [0.25, 0.3) is 0 Å². The lowest BCUT2D eigenvalue weighted by atomic mass is 10.0. The summed E-state index contributed by atoms with van der Waals surface area (Å²) < 4.78 is 0. The van der Waals surface area contributed by atoms with Crippen LogP contribution in [-0.4, -0.2) is 21.4 Å². The van der Waals surface area contributed by atoms with Gasteiger partial charge in [-0.15, -0.1) is 0 Å². The van der Waals surface area contributed by atoms with Crippen molar-refractivity contribution in [1.29, 1.82) is 0 Å². The van der Waals surface area contributed by atoms with Gasteiger partial charge in [-0.25, -0.2) is 9.97 Å². The van der Waals surface area contributed by atoms with Crippen LogP contribution in [0.25, 0.3) is 11.4 Å². The fourth-order valence-corrected chi connectivity index (χ4v) is 3.85. The molecule has 36 heavy (non-hydrogen) atoms. The second kappa shape index (κ2) is 13.3. The highest BCUT2D eigenvalue weighted by atomic mass is 15.2.